The zero-order valence-corrected chi connectivity index (χ0v) is 17.0. The van der Waals surface area contributed by atoms with Crippen LogP contribution in [0.5, 0.6) is 0 Å². The molecular formula is C23H21ClFN3O2. The normalized spacial score (nSPS) is 18.7. The SMILES string of the molecule is O=C(NC1CCC(C(=O)Nc2ccc(F)cc2Cl)CC1)c1cccc2cccnc12. The van der Waals surface area contributed by atoms with E-state index in [1.165, 1.54) is 18.2 Å². The van der Waals surface area contributed by atoms with Crippen molar-refractivity contribution in [2.75, 3.05) is 5.32 Å². The van der Waals surface area contributed by atoms with Crippen LogP contribution in [0.1, 0.15) is 36.0 Å². The molecule has 154 valence electrons. The number of hydrogen-bond acceptors (Lipinski definition) is 3. The van der Waals surface area contributed by atoms with E-state index in [0.29, 0.717) is 42.5 Å². The van der Waals surface area contributed by atoms with Gasteiger partial charge in [-0.1, -0.05) is 29.8 Å². The van der Waals surface area contributed by atoms with Crippen molar-refractivity contribution in [3.8, 4) is 0 Å². The number of rotatable bonds is 4. The molecule has 1 aromatic heterocycles. The van der Waals surface area contributed by atoms with Gasteiger partial charge in [0.2, 0.25) is 5.91 Å². The number of hydrogen-bond donors (Lipinski definition) is 2. The predicted molar refractivity (Wildman–Crippen MR) is 115 cm³/mol. The van der Waals surface area contributed by atoms with Crippen molar-refractivity contribution in [1.82, 2.24) is 10.3 Å². The molecule has 1 heterocycles. The Labute approximate surface area is 178 Å². The number of carbonyl (C=O) groups is 2. The van der Waals surface area contributed by atoms with E-state index >= 15 is 0 Å². The monoisotopic (exact) mass is 425 g/mol. The van der Waals surface area contributed by atoms with Gasteiger partial charge in [-0.15, -0.1) is 0 Å². The molecule has 0 saturated heterocycles. The van der Waals surface area contributed by atoms with Gasteiger partial charge in [0, 0.05) is 23.5 Å². The summed E-state index contributed by atoms with van der Waals surface area (Å²) in [4.78, 5) is 29.7. The summed E-state index contributed by atoms with van der Waals surface area (Å²) in [6.07, 6.45) is 4.40. The number of halogens is 2. The first kappa shape index (κ1) is 20.3. The number of nitrogens with zero attached hydrogens (tertiary/aromatic N) is 1. The summed E-state index contributed by atoms with van der Waals surface area (Å²) in [7, 11) is 0. The molecule has 0 bridgehead atoms. The van der Waals surface area contributed by atoms with Gasteiger partial charge < -0.3 is 10.6 Å². The maximum absolute atomic E-state index is 13.2. The summed E-state index contributed by atoms with van der Waals surface area (Å²) in [5, 5.41) is 6.95. The van der Waals surface area contributed by atoms with Crippen LogP contribution in [-0.4, -0.2) is 22.8 Å². The number of benzene rings is 2. The van der Waals surface area contributed by atoms with Crippen molar-refractivity contribution in [2.24, 2.45) is 5.92 Å². The number of carbonyl (C=O) groups excluding carboxylic acids is 2. The average Bonchev–Trinajstić information content (AvgIpc) is 2.75. The minimum atomic E-state index is -0.448. The van der Waals surface area contributed by atoms with Crippen LogP contribution in [0.15, 0.2) is 54.7 Å². The van der Waals surface area contributed by atoms with Gasteiger partial charge in [0.15, 0.2) is 0 Å². The Morgan fingerprint density at radius 2 is 1.80 bits per heavy atom. The highest BCUT2D eigenvalue weighted by atomic mass is 35.5. The minimum absolute atomic E-state index is 0.00919. The maximum Gasteiger partial charge on any atom is 0.253 e. The first-order valence-electron chi connectivity index (χ1n) is 9.92. The molecule has 0 aliphatic heterocycles. The second-order valence-electron chi connectivity index (χ2n) is 7.52. The fraction of sp³-hybridized carbons (Fsp3) is 0.261. The first-order chi connectivity index (χ1) is 14.5. The summed E-state index contributed by atoms with van der Waals surface area (Å²) in [5.74, 6) is -0.897. The number of fused-ring (bicyclic) bond motifs is 1. The molecular weight excluding hydrogens is 405 g/mol. The highest BCUT2D eigenvalue weighted by Gasteiger charge is 2.28. The van der Waals surface area contributed by atoms with Crippen molar-refractivity contribution >= 4 is 40.0 Å². The Morgan fingerprint density at radius 3 is 2.57 bits per heavy atom. The number of para-hydroxylation sites is 1. The van der Waals surface area contributed by atoms with Gasteiger partial charge in [-0.05, 0) is 56.0 Å². The average molecular weight is 426 g/mol. The van der Waals surface area contributed by atoms with E-state index in [1.807, 2.05) is 24.3 Å². The Bertz CT molecular complexity index is 1090. The van der Waals surface area contributed by atoms with E-state index in [9.17, 15) is 14.0 Å². The molecule has 2 aromatic carbocycles. The number of aromatic nitrogens is 1. The topological polar surface area (TPSA) is 71.1 Å². The molecule has 1 aliphatic rings. The largest absolute Gasteiger partial charge is 0.349 e. The highest BCUT2D eigenvalue weighted by Crippen LogP contribution is 2.28. The maximum atomic E-state index is 13.2. The molecule has 1 saturated carbocycles. The van der Waals surface area contributed by atoms with Gasteiger partial charge in [0.05, 0.1) is 21.8 Å². The third-order valence-electron chi connectivity index (χ3n) is 5.50. The lowest BCUT2D eigenvalue weighted by atomic mass is 9.85. The summed E-state index contributed by atoms with van der Waals surface area (Å²) >= 11 is 5.99. The molecule has 3 aromatic rings. The molecule has 1 fully saturated rings. The van der Waals surface area contributed by atoms with Crippen molar-refractivity contribution < 1.29 is 14.0 Å². The lowest BCUT2D eigenvalue weighted by molar-refractivity contribution is -0.120. The summed E-state index contributed by atoms with van der Waals surface area (Å²) in [5.41, 5.74) is 1.64. The number of pyridine rings is 1. The Kier molecular flexibility index (Phi) is 5.95. The summed E-state index contributed by atoms with van der Waals surface area (Å²) in [6.45, 7) is 0. The third-order valence-corrected chi connectivity index (χ3v) is 5.81. The zero-order chi connectivity index (χ0) is 21.1. The van der Waals surface area contributed by atoms with Crippen molar-refractivity contribution in [3.05, 3.63) is 71.1 Å². The van der Waals surface area contributed by atoms with Crippen LogP contribution in [0.25, 0.3) is 10.9 Å². The lowest BCUT2D eigenvalue weighted by Crippen LogP contribution is -2.39. The van der Waals surface area contributed by atoms with Gasteiger partial charge >= 0.3 is 0 Å². The van der Waals surface area contributed by atoms with Gasteiger partial charge in [0.25, 0.3) is 5.91 Å². The quantitative estimate of drug-likeness (QED) is 0.621. The fourth-order valence-corrected chi connectivity index (χ4v) is 4.09. The molecule has 2 N–H and O–H groups in total. The van der Waals surface area contributed by atoms with E-state index in [4.69, 9.17) is 11.6 Å². The Hall–Kier alpha value is -2.99. The van der Waals surface area contributed by atoms with Crippen LogP contribution in [0.2, 0.25) is 5.02 Å². The molecule has 7 heteroatoms. The molecule has 0 radical (unpaired) electrons. The molecule has 0 unspecified atom stereocenters. The van der Waals surface area contributed by atoms with Crippen LogP contribution in [0, 0.1) is 11.7 Å². The summed E-state index contributed by atoms with van der Waals surface area (Å²) < 4.78 is 13.2. The van der Waals surface area contributed by atoms with Crippen LogP contribution in [0.3, 0.4) is 0 Å². The molecule has 5 nitrogen and oxygen atoms in total. The van der Waals surface area contributed by atoms with Gasteiger partial charge in [-0.2, -0.15) is 0 Å². The van der Waals surface area contributed by atoms with Crippen LogP contribution in [0.4, 0.5) is 10.1 Å². The standard InChI is InChI=1S/C23H21ClFN3O2/c24-19-13-16(25)8-11-20(19)28-22(29)15-6-9-17(10-7-15)27-23(30)18-5-1-3-14-4-2-12-26-21(14)18/h1-5,8,11-13,15,17H,6-7,9-10H2,(H,27,30)(H,28,29). The van der Waals surface area contributed by atoms with Crippen molar-refractivity contribution in [3.63, 3.8) is 0 Å². The van der Waals surface area contributed by atoms with E-state index in [2.05, 4.69) is 15.6 Å². The zero-order valence-electron chi connectivity index (χ0n) is 16.2. The molecule has 0 spiro atoms. The molecule has 0 atom stereocenters. The van der Waals surface area contributed by atoms with Gasteiger partial charge in [-0.3, -0.25) is 14.6 Å². The number of anilines is 1. The van der Waals surface area contributed by atoms with E-state index in [0.717, 1.165) is 5.39 Å². The smallest absolute Gasteiger partial charge is 0.253 e. The predicted octanol–water partition coefficient (Wildman–Crippen LogP) is 4.95. The Balaban J connectivity index is 1.34. The van der Waals surface area contributed by atoms with E-state index in [-0.39, 0.29) is 28.8 Å². The van der Waals surface area contributed by atoms with Crippen molar-refractivity contribution in [2.45, 2.75) is 31.7 Å². The van der Waals surface area contributed by atoms with Crippen molar-refractivity contribution in [1.29, 1.82) is 0 Å². The van der Waals surface area contributed by atoms with Gasteiger partial charge in [-0.25, -0.2) is 4.39 Å². The highest BCUT2D eigenvalue weighted by molar-refractivity contribution is 6.33. The molecule has 1 aliphatic carbocycles. The van der Waals surface area contributed by atoms with Crippen LogP contribution >= 0.6 is 11.6 Å². The van der Waals surface area contributed by atoms with E-state index < -0.39 is 5.82 Å². The van der Waals surface area contributed by atoms with Crippen LogP contribution < -0.4 is 10.6 Å². The molecule has 2 amide bonds. The van der Waals surface area contributed by atoms with Gasteiger partial charge in [0.1, 0.15) is 5.82 Å². The molecule has 4 rings (SSSR count). The third kappa shape index (κ3) is 4.44. The molecule has 30 heavy (non-hydrogen) atoms. The minimum Gasteiger partial charge on any atom is -0.349 e. The summed E-state index contributed by atoms with van der Waals surface area (Å²) in [6, 6.07) is 13.2. The Morgan fingerprint density at radius 1 is 1.03 bits per heavy atom. The van der Waals surface area contributed by atoms with E-state index in [1.54, 1.807) is 12.3 Å². The first-order valence-corrected chi connectivity index (χ1v) is 10.3. The second-order valence-corrected chi connectivity index (χ2v) is 7.92. The van der Waals surface area contributed by atoms with Crippen LogP contribution in [-0.2, 0) is 4.79 Å². The lowest BCUT2D eigenvalue weighted by Gasteiger charge is -2.28. The fourth-order valence-electron chi connectivity index (χ4n) is 3.88. The second kappa shape index (κ2) is 8.79. The number of nitrogens with one attached hydrogen (secondary N) is 2. The number of amides is 2.